The first-order chi connectivity index (χ1) is 16.1. The van der Waals surface area contributed by atoms with E-state index in [4.69, 9.17) is 0 Å². The first kappa shape index (κ1) is 32.0. The Morgan fingerprint density at radius 1 is 0.833 bits per heavy atom. The van der Waals surface area contributed by atoms with E-state index in [1.165, 1.54) is 0 Å². The second-order valence-electron chi connectivity index (χ2n) is 14.0. The second kappa shape index (κ2) is 10.7. The minimum absolute atomic E-state index is 0.0640. The summed E-state index contributed by atoms with van der Waals surface area (Å²) in [4.78, 5) is 0. The molecule has 2 aliphatic carbocycles. The Hall–Kier alpha value is -0.220. The molecule has 0 aromatic carbocycles. The van der Waals surface area contributed by atoms with Crippen molar-refractivity contribution in [3.8, 4) is 0 Å². The fraction of sp³-hybridized carbons (Fsp3) is 1.00. The van der Waals surface area contributed by atoms with Crippen LogP contribution in [0.5, 0.6) is 0 Å². The van der Waals surface area contributed by atoms with E-state index in [0.717, 1.165) is 25.7 Å². The van der Waals surface area contributed by atoms with Crippen molar-refractivity contribution in [3.05, 3.63) is 0 Å². The van der Waals surface area contributed by atoms with Crippen LogP contribution in [0.2, 0.25) is 0 Å². The third-order valence-corrected chi connectivity index (χ3v) is 14.1. The predicted octanol–water partition coefficient (Wildman–Crippen LogP) is 5.00. The van der Waals surface area contributed by atoms with Crippen molar-refractivity contribution in [2.75, 3.05) is 6.61 Å². The lowest BCUT2D eigenvalue weighted by Gasteiger charge is -2.45. The maximum absolute atomic E-state index is 14.0. The van der Waals surface area contributed by atoms with Crippen LogP contribution in [0.1, 0.15) is 115 Å². The van der Waals surface area contributed by atoms with E-state index >= 15 is 0 Å². The van der Waals surface area contributed by atoms with Crippen molar-refractivity contribution < 1.29 is 21.9 Å². The molecule has 2 aliphatic rings. The van der Waals surface area contributed by atoms with Gasteiger partial charge in [0.25, 0.3) is 0 Å². The molecule has 1 N–H and O–H groups in total. The highest BCUT2D eigenvalue weighted by atomic mass is 32.2. The maximum atomic E-state index is 14.0. The third kappa shape index (κ3) is 6.49. The van der Waals surface area contributed by atoms with Gasteiger partial charge in [-0.15, -0.1) is 0 Å². The number of hydrogen-bond acceptors (Lipinski definition) is 5. The average molecular weight is 551 g/mol. The van der Waals surface area contributed by atoms with Gasteiger partial charge in [0.15, 0.2) is 0 Å². The summed E-state index contributed by atoms with van der Waals surface area (Å²) in [7, 11) is -7.21. The number of hydrogen-bond donors (Lipinski definition) is 1. The second-order valence-corrected chi connectivity index (χ2v) is 18.8. The molecule has 0 spiro atoms. The SMILES string of the molecule is CC(C)C(C)C(C)(C)N(C1CC1)S(=O)(=O)C(C)CCC(C)(C)[C@@H](CO)N(C1CC1)S(=O)(=O)C(C)(C)C. The molecule has 2 fully saturated rings. The molecule has 9 heteroatoms. The van der Waals surface area contributed by atoms with Gasteiger partial charge in [-0.05, 0) is 97.3 Å². The molecule has 0 aliphatic heterocycles. The zero-order valence-electron chi connectivity index (χ0n) is 24.7. The van der Waals surface area contributed by atoms with E-state index in [0.29, 0.717) is 18.8 Å². The lowest BCUT2D eigenvalue weighted by Crippen LogP contribution is -2.57. The predicted molar refractivity (Wildman–Crippen MR) is 149 cm³/mol. The average Bonchev–Trinajstić information content (AvgIpc) is 3.62. The van der Waals surface area contributed by atoms with E-state index in [9.17, 15) is 21.9 Å². The highest BCUT2D eigenvalue weighted by Crippen LogP contribution is 2.44. The van der Waals surface area contributed by atoms with Crippen molar-refractivity contribution in [3.63, 3.8) is 0 Å². The molecule has 0 saturated heterocycles. The lowest BCUT2D eigenvalue weighted by atomic mass is 9.80. The Kier molecular flexibility index (Phi) is 9.55. The fourth-order valence-corrected chi connectivity index (χ4v) is 9.53. The van der Waals surface area contributed by atoms with Gasteiger partial charge in [0.2, 0.25) is 20.0 Å². The molecular weight excluding hydrogens is 496 g/mol. The summed E-state index contributed by atoms with van der Waals surface area (Å²) in [6.45, 7) is 21.0. The van der Waals surface area contributed by atoms with E-state index < -0.39 is 47.0 Å². The van der Waals surface area contributed by atoms with Gasteiger partial charge in [0, 0.05) is 17.6 Å². The van der Waals surface area contributed by atoms with Gasteiger partial charge in [-0.25, -0.2) is 16.8 Å². The molecule has 2 rings (SSSR count). The normalized spacial score (nSPS) is 21.3. The van der Waals surface area contributed by atoms with Crippen molar-refractivity contribution in [2.24, 2.45) is 17.3 Å². The van der Waals surface area contributed by atoms with Crippen LogP contribution in [0, 0.1) is 17.3 Å². The first-order valence-electron chi connectivity index (χ1n) is 13.8. The van der Waals surface area contributed by atoms with Crippen molar-refractivity contribution >= 4 is 20.0 Å². The Balaban J connectivity index is 2.28. The van der Waals surface area contributed by atoms with E-state index in [2.05, 4.69) is 34.6 Å². The molecule has 36 heavy (non-hydrogen) atoms. The molecule has 0 bridgehead atoms. The topological polar surface area (TPSA) is 95.0 Å². The molecule has 2 saturated carbocycles. The van der Waals surface area contributed by atoms with Crippen molar-refractivity contribution in [1.29, 1.82) is 0 Å². The molecule has 214 valence electrons. The summed E-state index contributed by atoms with van der Waals surface area (Å²) in [5.41, 5.74) is -1.08. The molecular formula is C27H54N2O5S2. The van der Waals surface area contributed by atoms with Crippen molar-refractivity contribution in [2.45, 2.75) is 148 Å². The molecule has 7 nitrogen and oxygen atoms in total. The van der Waals surface area contributed by atoms with Crippen LogP contribution < -0.4 is 0 Å². The molecule has 0 aromatic rings. The summed E-state index contributed by atoms with van der Waals surface area (Å²) in [5, 5.41) is 9.83. The monoisotopic (exact) mass is 550 g/mol. The zero-order chi connectivity index (χ0) is 28.1. The molecule has 0 aromatic heterocycles. The van der Waals surface area contributed by atoms with Crippen LogP contribution in [0.3, 0.4) is 0 Å². The highest BCUT2D eigenvalue weighted by molar-refractivity contribution is 7.90. The Labute approximate surface area is 222 Å². The van der Waals surface area contributed by atoms with Gasteiger partial charge in [-0.1, -0.05) is 34.6 Å². The van der Waals surface area contributed by atoms with Gasteiger partial charge in [-0.3, -0.25) is 0 Å². The standard InChI is InChI=1S/C27H54N2O5S2/c1-19(2)21(4)27(10,11)29(23-14-15-23)35(31,32)20(3)16-17-26(8,9)24(18-30)28(22-12-13-22)36(33,34)25(5,6)7/h19-24,30H,12-18H2,1-11H3/t20?,21?,24-/m1/s1. The summed E-state index contributed by atoms with van der Waals surface area (Å²) in [5.74, 6) is 0.555. The fourth-order valence-electron chi connectivity index (χ4n) is 5.35. The quantitative estimate of drug-likeness (QED) is 0.328. The molecule has 0 heterocycles. The van der Waals surface area contributed by atoms with Crippen LogP contribution in [-0.4, -0.2) is 70.8 Å². The molecule has 2 unspecified atom stereocenters. The van der Waals surface area contributed by atoms with E-state index in [1.807, 2.05) is 13.8 Å². The van der Waals surface area contributed by atoms with E-state index in [-0.39, 0.29) is 24.6 Å². The number of sulfonamides is 2. The van der Waals surface area contributed by atoms with Crippen LogP contribution in [0.15, 0.2) is 0 Å². The van der Waals surface area contributed by atoms with Crippen LogP contribution >= 0.6 is 0 Å². The Bertz CT molecular complexity index is 959. The molecule has 3 atom stereocenters. The molecule has 0 amide bonds. The van der Waals surface area contributed by atoms with Crippen LogP contribution in [-0.2, 0) is 20.0 Å². The minimum atomic E-state index is -3.64. The summed E-state index contributed by atoms with van der Waals surface area (Å²) in [6.07, 6.45) is 4.31. The van der Waals surface area contributed by atoms with Crippen molar-refractivity contribution in [1.82, 2.24) is 8.61 Å². The number of nitrogens with zero attached hydrogens (tertiary/aromatic N) is 2. The largest absolute Gasteiger partial charge is 0.395 e. The summed E-state index contributed by atoms with van der Waals surface area (Å²) < 4.78 is 57.3. The van der Waals surface area contributed by atoms with Gasteiger partial charge < -0.3 is 5.11 Å². The Morgan fingerprint density at radius 3 is 1.67 bits per heavy atom. The number of rotatable bonds is 14. The van der Waals surface area contributed by atoms with Gasteiger partial charge >= 0.3 is 0 Å². The maximum Gasteiger partial charge on any atom is 0.219 e. The minimum Gasteiger partial charge on any atom is -0.395 e. The highest BCUT2D eigenvalue weighted by Gasteiger charge is 2.52. The third-order valence-electron chi connectivity index (χ3n) is 8.88. The summed E-state index contributed by atoms with van der Waals surface area (Å²) in [6, 6.07) is -0.620. The van der Waals surface area contributed by atoms with Crippen LogP contribution in [0.25, 0.3) is 0 Å². The Morgan fingerprint density at radius 2 is 1.31 bits per heavy atom. The van der Waals surface area contributed by atoms with Gasteiger partial charge in [0.1, 0.15) is 0 Å². The number of aliphatic hydroxyl groups excluding tert-OH is 1. The zero-order valence-corrected chi connectivity index (χ0v) is 26.3. The molecule has 0 radical (unpaired) electrons. The lowest BCUT2D eigenvalue weighted by molar-refractivity contribution is 0.0763. The van der Waals surface area contributed by atoms with E-state index in [1.54, 1.807) is 36.3 Å². The van der Waals surface area contributed by atoms with Gasteiger partial charge in [-0.2, -0.15) is 8.61 Å². The first-order valence-corrected chi connectivity index (χ1v) is 16.8. The van der Waals surface area contributed by atoms with Gasteiger partial charge in [0.05, 0.1) is 22.6 Å². The van der Waals surface area contributed by atoms with Crippen LogP contribution in [0.4, 0.5) is 0 Å². The smallest absolute Gasteiger partial charge is 0.219 e. The number of aliphatic hydroxyl groups is 1. The summed E-state index contributed by atoms with van der Waals surface area (Å²) >= 11 is 0.